The van der Waals surface area contributed by atoms with E-state index in [0.717, 1.165) is 24.8 Å². The van der Waals surface area contributed by atoms with Crippen molar-refractivity contribution in [2.45, 2.75) is 69.9 Å². The third kappa shape index (κ3) is 3.46. The normalized spacial score (nSPS) is 31.6. The zero-order valence-electron chi connectivity index (χ0n) is 11.7. The summed E-state index contributed by atoms with van der Waals surface area (Å²) >= 11 is 0. The number of nitrogens with zero attached hydrogens (tertiary/aromatic N) is 2. The molecule has 3 nitrogen and oxygen atoms in total. The van der Waals surface area contributed by atoms with Gasteiger partial charge in [-0.3, -0.25) is 0 Å². The zero-order valence-corrected chi connectivity index (χ0v) is 11.7. The van der Waals surface area contributed by atoms with Crippen LogP contribution >= 0.6 is 0 Å². The van der Waals surface area contributed by atoms with E-state index in [1.807, 2.05) is 6.92 Å². The Labute approximate surface area is 111 Å². The molecule has 18 heavy (non-hydrogen) atoms. The minimum Gasteiger partial charge on any atom is -0.314 e. The van der Waals surface area contributed by atoms with Crippen molar-refractivity contribution < 1.29 is 0 Å². The van der Waals surface area contributed by atoms with Crippen molar-refractivity contribution in [3.8, 4) is 6.07 Å². The lowest BCUT2D eigenvalue weighted by molar-refractivity contribution is 0.179. The van der Waals surface area contributed by atoms with Gasteiger partial charge in [0, 0.05) is 6.04 Å². The lowest BCUT2D eigenvalue weighted by Gasteiger charge is -2.31. The van der Waals surface area contributed by atoms with Crippen LogP contribution in [-0.4, -0.2) is 29.6 Å². The van der Waals surface area contributed by atoms with E-state index >= 15 is 0 Å². The SMILES string of the molecule is CC(N)(C#N)CCCCN1CCC2CCCCC21. The molecule has 3 heteroatoms. The Hall–Kier alpha value is -0.590. The maximum Gasteiger partial charge on any atom is 0.101 e. The summed E-state index contributed by atoms with van der Waals surface area (Å²) in [6, 6.07) is 3.05. The average molecular weight is 249 g/mol. The van der Waals surface area contributed by atoms with Gasteiger partial charge >= 0.3 is 0 Å². The van der Waals surface area contributed by atoms with Gasteiger partial charge in [-0.2, -0.15) is 5.26 Å². The highest BCUT2D eigenvalue weighted by Crippen LogP contribution is 2.36. The Morgan fingerprint density at radius 2 is 2.06 bits per heavy atom. The van der Waals surface area contributed by atoms with E-state index in [1.54, 1.807) is 0 Å². The van der Waals surface area contributed by atoms with Crippen LogP contribution in [0.25, 0.3) is 0 Å². The van der Waals surface area contributed by atoms with E-state index in [2.05, 4.69) is 11.0 Å². The molecule has 1 aliphatic carbocycles. The first-order valence-electron chi connectivity index (χ1n) is 7.56. The van der Waals surface area contributed by atoms with Crippen molar-refractivity contribution >= 4 is 0 Å². The lowest BCUT2D eigenvalue weighted by Crippen LogP contribution is -2.36. The first kappa shape index (κ1) is 13.8. The fourth-order valence-electron chi connectivity index (χ4n) is 3.64. The van der Waals surface area contributed by atoms with Crippen molar-refractivity contribution in [2.75, 3.05) is 13.1 Å². The number of nitrogens with two attached hydrogens (primary N) is 1. The molecule has 2 rings (SSSR count). The van der Waals surface area contributed by atoms with Gasteiger partial charge < -0.3 is 10.6 Å². The van der Waals surface area contributed by atoms with E-state index in [9.17, 15) is 0 Å². The van der Waals surface area contributed by atoms with Gasteiger partial charge in [0.2, 0.25) is 0 Å². The molecule has 3 unspecified atom stereocenters. The highest BCUT2D eigenvalue weighted by atomic mass is 15.2. The Bertz CT molecular complexity index is 305. The number of rotatable bonds is 5. The molecule has 3 atom stereocenters. The van der Waals surface area contributed by atoms with Gasteiger partial charge in [-0.15, -0.1) is 0 Å². The Morgan fingerprint density at radius 3 is 2.83 bits per heavy atom. The molecule has 1 aliphatic heterocycles. The summed E-state index contributed by atoms with van der Waals surface area (Å²) in [5, 5.41) is 8.87. The number of likely N-dealkylation sites (tertiary alicyclic amines) is 1. The molecule has 0 amide bonds. The molecule has 0 bridgehead atoms. The van der Waals surface area contributed by atoms with E-state index in [-0.39, 0.29) is 0 Å². The smallest absolute Gasteiger partial charge is 0.101 e. The number of hydrogen-bond donors (Lipinski definition) is 1. The first-order valence-corrected chi connectivity index (χ1v) is 7.56. The highest BCUT2D eigenvalue weighted by Gasteiger charge is 2.34. The van der Waals surface area contributed by atoms with Crippen molar-refractivity contribution in [1.29, 1.82) is 5.26 Å². The molecule has 2 aliphatic rings. The highest BCUT2D eigenvalue weighted by molar-refractivity contribution is 5.00. The van der Waals surface area contributed by atoms with E-state index in [0.29, 0.717) is 0 Å². The summed E-state index contributed by atoms with van der Waals surface area (Å²) in [4.78, 5) is 2.70. The second kappa shape index (κ2) is 6.04. The summed E-state index contributed by atoms with van der Waals surface area (Å²) in [7, 11) is 0. The van der Waals surface area contributed by atoms with Crippen molar-refractivity contribution in [3.05, 3.63) is 0 Å². The number of hydrogen-bond acceptors (Lipinski definition) is 3. The number of fused-ring (bicyclic) bond motifs is 1. The van der Waals surface area contributed by atoms with Gasteiger partial charge in [-0.1, -0.05) is 12.8 Å². The molecule has 0 spiro atoms. The van der Waals surface area contributed by atoms with Crippen LogP contribution in [0, 0.1) is 17.2 Å². The Kier molecular flexibility index (Phi) is 4.64. The van der Waals surface area contributed by atoms with Crippen LogP contribution in [0.15, 0.2) is 0 Å². The molecule has 0 aromatic carbocycles. The second-order valence-corrected chi connectivity index (χ2v) is 6.42. The molecule has 0 aromatic rings. The number of unbranched alkanes of at least 4 members (excludes halogenated alkanes) is 1. The molecular formula is C15H27N3. The van der Waals surface area contributed by atoms with Crippen LogP contribution in [-0.2, 0) is 0 Å². The standard InChI is InChI=1S/C15H27N3/c1-15(17,12-16)9-4-5-10-18-11-8-13-6-2-3-7-14(13)18/h13-14H,2-11,17H2,1H3. The van der Waals surface area contributed by atoms with Crippen LogP contribution in [0.3, 0.4) is 0 Å². The predicted octanol–water partition coefficient (Wildman–Crippen LogP) is 2.66. The molecule has 2 N–H and O–H groups in total. The van der Waals surface area contributed by atoms with Gasteiger partial charge in [0.05, 0.1) is 6.07 Å². The average Bonchev–Trinajstić information content (AvgIpc) is 2.78. The Balaban J connectivity index is 1.67. The molecule has 102 valence electrons. The summed E-state index contributed by atoms with van der Waals surface area (Å²) < 4.78 is 0. The van der Waals surface area contributed by atoms with E-state index in [4.69, 9.17) is 11.0 Å². The molecule has 0 radical (unpaired) electrons. The maximum atomic E-state index is 8.87. The second-order valence-electron chi connectivity index (χ2n) is 6.42. The third-order valence-electron chi connectivity index (χ3n) is 4.77. The minimum absolute atomic E-state index is 0.627. The molecule has 1 saturated carbocycles. The molecule has 2 fully saturated rings. The monoisotopic (exact) mass is 249 g/mol. The minimum atomic E-state index is -0.627. The molecule has 1 heterocycles. The summed E-state index contributed by atoms with van der Waals surface area (Å²) in [5.74, 6) is 0.984. The number of nitriles is 1. The molecular weight excluding hydrogens is 222 g/mol. The van der Waals surface area contributed by atoms with E-state index < -0.39 is 5.54 Å². The summed E-state index contributed by atoms with van der Waals surface area (Å²) in [6.07, 6.45) is 10.2. The van der Waals surface area contributed by atoms with Crippen LogP contribution in [0.2, 0.25) is 0 Å². The quantitative estimate of drug-likeness (QED) is 0.762. The molecule has 1 saturated heterocycles. The van der Waals surface area contributed by atoms with Crippen LogP contribution < -0.4 is 5.73 Å². The van der Waals surface area contributed by atoms with Crippen molar-refractivity contribution in [1.82, 2.24) is 4.90 Å². The maximum absolute atomic E-state index is 8.87. The Morgan fingerprint density at radius 1 is 1.28 bits per heavy atom. The van der Waals surface area contributed by atoms with Gasteiger partial charge in [-0.25, -0.2) is 0 Å². The molecule has 0 aromatic heterocycles. The third-order valence-corrected chi connectivity index (χ3v) is 4.77. The lowest BCUT2D eigenvalue weighted by atomic mass is 9.85. The fourth-order valence-corrected chi connectivity index (χ4v) is 3.64. The van der Waals surface area contributed by atoms with Crippen molar-refractivity contribution in [2.24, 2.45) is 11.7 Å². The largest absolute Gasteiger partial charge is 0.314 e. The van der Waals surface area contributed by atoms with E-state index in [1.165, 1.54) is 51.6 Å². The topological polar surface area (TPSA) is 53.1 Å². The first-order chi connectivity index (χ1) is 8.62. The van der Waals surface area contributed by atoms with Crippen molar-refractivity contribution in [3.63, 3.8) is 0 Å². The van der Waals surface area contributed by atoms with Crippen LogP contribution in [0.4, 0.5) is 0 Å². The van der Waals surface area contributed by atoms with Gasteiger partial charge in [0.25, 0.3) is 0 Å². The van der Waals surface area contributed by atoms with Gasteiger partial charge in [0.15, 0.2) is 0 Å². The zero-order chi connectivity index (χ0) is 13.0. The van der Waals surface area contributed by atoms with Crippen LogP contribution in [0.1, 0.15) is 58.3 Å². The summed E-state index contributed by atoms with van der Waals surface area (Å²) in [5.41, 5.74) is 5.22. The summed E-state index contributed by atoms with van der Waals surface area (Å²) in [6.45, 7) is 4.34. The fraction of sp³-hybridized carbons (Fsp3) is 0.933. The van der Waals surface area contributed by atoms with Crippen LogP contribution in [0.5, 0.6) is 0 Å². The predicted molar refractivity (Wildman–Crippen MR) is 74.0 cm³/mol. The van der Waals surface area contributed by atoms with Gasteiger partial charge in [-0.05, 0) is 64.5 Å². The van der Waals surface area contributed by atoms with Gasteiger partial charge in [0.1, 0.15) is 5.54 Å².